The van der Waals surface area contributed by atoms with Gasteiger partial charge in [0.05, 0.1) is 6.61 Å². The smallest absolute Gasteiger partial charge is 0.221 e. The second kappa shape index (κ2) is 8.47. The Kier molecular flexibility index (Phi) is 6.79. The lowest BCUT2D eigenvalue weighted by atomic mass is 10.2. The van der Waals surface area contributed by atoms with Crippen molar-refractivity contribution < 1.29 is 9.84 Å². The normalized spacial score (nSPS) is 10.5. The van der Waals surface area contributed by atoms with Gasteiger partial charge in [-0.3, -0.25) is 0 Å². The fraction of sp³-hybridized carbons (Fsp3) is 0.385. The van der Waals surface area contributed by atoms with Gasteiger partial charge in [-0.15, -0.1) is 10.5 Å². The van der Waals surface area contributed by atoms with E-state index in [4.69, 9.17) is 10.5 Å². The van der Waals surface area contributed by atoms with Gasteiger partial charge in [-0.25, -0.2) is 0 Å². The van der Waals surface area contributed by atoms with Gasteiger partial charge in [0, 0.05) is 5.56 Å². The van der Waals surface area contributed by atoms with Crippen molar-refractivity contribution in [1.29, 1.82) is 0 Å². The molecule has 0 aliphatic rings. The highest BCUT2D eigenvalue weighted by Gasteiger charge is 1.96. The summed E-state index contributed by atoms with van der Waals surface area (Å²) >= 11 is 4.67. The first-order chi connectivity index (χ1) is 8.72. The fourth-order valence-electron chi connectivity index (χ4n) is 1.39. The molecule has 0 atom stereocenters. The van der Waals surface area contributed by atoms with Gasteiger partial charge < -0.3 is 10.5 Å². The first kappa shape index (κ1) is 14.4. The average molecular weight is 266 g/mol. The molecule has 0 unspecified atom stereocenters. The summed E-state index contributed by atoms with van der Waals surface area (Å²) in [5, 5.41) is 3.01. The van der Waals surface area contributed by atoms with Crippen LogP contribution >= 0.6 is 12.2 Å². The Labute approximate surface area is 113 Å². The zero-order valence-electron chi connectivity index (χ0n) is 10.6. The van der Waals surface area contributed by atoms with Crippen LogP contribution in [0, 0.1) is 0 Å². The van der Waals surface area contributed by atoms with E-state index in [1.165, 1.54) is 12.8 Å². The van der Waals surface area contributed by atoms with Crippen LogP contribution in [0.4, 0.5) is 0 Å². The third kappa shape index (κ3) is 6.20. The van der Waals surface area contributed by atoms with Crippen LogP contribution in [-0.4, -0.2) is 17.9 Å². The highest BCUT2D eigenvalue weighted by atomic mass is 32.1. The minimum Gasteiger partial charge on any atom is -0.494 e. The summed E-state index contributed by atoms with van der Waals surface area (Å²) < 4.78 is 5.62. The Hall–Kier alpha value is -1.62. The molecule has 0 aliphatic heterocycles. The molecule has 0 saturated carbocycles. The van der Waals surface area contributed by atoms with E-state index < -0.39 is 0 Å². The highest BCUT2D eigenvalue weighted by molar-refractivity contribution is 7.80. The number of unbranched alkanes of at least 4 members (excludes halogenated alkanes) is 2. The van der Waals surface area contributed by atoms with Gasteiger partial charge in [-0.2, -0.15) is 0 Å². The molecule has 18 heavy (non-hydrogen) atoms. The zero-order valence-corrected chi connectivity index (χ0v) is 11.4. The minimum absolute atomic E-state index is 0.210. The molecule has 1 aromatic rings. The van der Waals surface area contributed by atoms with E-state index >= 15 is 0 Å². The molecule has 0 fully saturated rings. The van der Waals surface area contributed by atoms with Gasteiger partial charge >= 0.3 is 0 Å². The van der Waals surface area contributed by atoms with Gasteiger partial charge in [-0.05, 0) is 42.9 Å². The van der Waals surface area contributed by atoms with Crippen molar-refractivity contribution in [2.24, 2.45) is 5.73 Å². The van der Waals surface area contributed by atoms with E-state index in [0.29, 0.717) is 0 Å². The third-order valence-electron chi connectivity index (χ3n) is 2.33. The van der Waals surface area contributed by atoms with Crippen LogP contribution in [-0.2, 0) is 0 Å². The SMILES string of the molecule is CCCCCOc1ccc(C=[NH+]NC(N)=S)cc1. The largest absolute Gasteiger partial charge is 0.494 e. The van der Waals surface area contributed by atoms with Crippen molar-refractivity contribution in [1.82, 2.24) is 5.43 Å². The Morgan fingerprint density at radius 2 is 2.11 bits per heavy atom. The lowest BCUT2D eigenvalue weighted by Crippen LogP contribution is -2.82. The van der Waals surface area contributed by atoms with E-state index in [1.54, 1.807) is 6.21 Å². The fourth-order valence-corrected chi connectivity index (χ4v) is 1.45. The molecule has 0 aromatic heterocycles. The molecule has 1 rings (SSSR count). The van der Waals surface area contributed by atoms with Crippen molar-refractivity contribution >= 4 is 23.5 Å². The van der Waals surface area contributed by atoms with E-state index in [2.05, 4.69) is 29.7 Å². The first-order valence-corrected chi connectivity index (χ1v) is 6.50. The quantitative estimate of drug-likeness (QED) is 0.291. The van der Waals surface area contributed by atoms with Gasteiger partial charge in [0.25, 0.3) is 0 Å². The van der Waals surface area contributed by atoms with Crippen molar-refractivity contribution in [2.75, 3.05) is 6.61 Å². The van der Waals surface area contributed by atoms with E-state index in [9.17, 15) is 0 Å². The number of hydrogen-bond acceptors (Lipinski definition) is 2. The van der Waals surface area contributed by atoms with Crippen LogP contribution in [0.25, 0.3) is 0 Å². The van der Waals surface area contributed by atoms with Crippen LogP contribution in [0.15, 0.2) is 24.3 Å². The predicted octanol–water partition coefficient (Wildman–Crippen LogP) is 0.503. The summed E-state index contributed by atoms with van der Waals surface area (Å²) in [5.41, 5.74) is 8.92. The molecular formula is C13H20N3OS+. The molecule has 0 amide bonds. The number of benzene rings is 1. The van der Waals surface area contributed by atoms with Gasteiger partial charge in [0.15, 0.2) is 6.21 Å². The molecule has 4 N–H and O–H groups in total. The maximum atomic E-state index is 5.62. The van der Waals surface area contributed by atoms with Crippen LogP contribution in [0.3, 0.4) is 0 Å². The number of ether oxygens (including phenoxy) is 1. The number of hydrazine groups is 1. The molecule has 0 heterocycles. The molecule has 0 radical (unpaired) electrons. The second-order valence-corrected chi connectivity index (χ2v) is 4.34. The summed E-state index contributed by atoms with van der Waals surface area (Å²) in [7, 11) is 0. The average Bonchev–Trinajstić information content (AvgIpc) is 2.36. The van der Waals surface area contributed by atoms with Crippen molar-refractivity contribution in [2.45, 2.75) is 26.2 Å². The lowest BCUT2D eigenvalue weighted by Gasteiger charge is -2.04. The van der Waals surface area contributed by atoms with Gasteiger partial charge in [0.2, 0.25) is 5.11 Å². The molecule has 0 saturated heterocycles. The maximum absolute atomic E-state index is 5.62. The number of rotatable bonds is 7. The van der Waals surface area contributed by atoms with Gasteiger partial charge in [-0.1, -0.05) is 19.8 Å². The monoisotopic (exact) mass is 266 g/mol. The Bertz CT molecular complexity index is 390. The summed E-state index contributed by atoms with van der Waals surface area (Å²) in [4.78, 5) is 0. The summed E-state index contributed by atoms with van der Waals surface area (Å²) in [5.74, 6) is 0.894. The molecule has 1 aromatic carbocycles. The molecule has 0 aliphatic carbocycles. The Morgan fingerprint density at radius 1 is 1.39 bits per heavy atom. The van der Waals surface area contributed by atoms with Crippen molar-refractivity contribution in [3.63, 3.8) is 0 Å². The highest BCUT2D eigenvalue weighted by Crippen LogP contribution is 2.11. The zero-order chi connectivity index (χ0) is 13.2. The molecule has 5 heteroatoms. The minimum atomic E-state index is 0.210. The number of hydrogen-bond donors (Lipinski definition) is 3. The second-order valence-electron chi connectivity index (χ2n) is 3.90. The molecule has 98 valence electrons. The predicted molar refractivity (Wildman–Crippen MR) is 77.5 cm³/mol. The number of nitrogens with one attached hydrogen (secondary N) is 2. The Morgan fingerprint density at radius 3 is 2.72 bits per heavy atom. The first-order valence-electron chi connectivity index (χ1n) is 6.09. The summed E-state index contributed by atoms with van der Waals surface area (Å²) in [6.45, 7) is 2.96. The molecular weight excluding hydrogens is 246 g/mol. The number of nitrogens with two attached hydrogens (primary N) is 1. The van der Waals surface area contributed by atoms with E-state index in [0.717, 1.165) is 24.3 Å². The van der Waals surface area contributed by atoms with Crippen LogP contribution in [0.2, 0.25) is 0 Å². The Balaban J connectivity index is 2.37. The van der Waals surface area contributed by atoms with Crippen molar-refractivity contribution in [3.05, 3.63) is 29.8 Å². The lowest BCUT2D eigenvalue weighted by molar-refractivity contribution is -0.499. The summed E-state index contributed by atoms with van der Waals surface area (Å²) in [6, 6.07) is 7.81. The van der Waals surface area contributed by atoms with Crippen LogP contribution < -0.4 is 21.0 Å². The molecule has 4 nitrogen and oxygen atoms in total. The molecule has 0 bridgehead atoms. The number of thiocarbonyl (C=S) groups is 1. The van der Waals surface area contributed by atoms with E-state index in [1.807, 2.05) is 24.3 Å². The maximum Gasteiger partial charge on any atom is 0.221 e. The van der Waals surface area contributed by atoms with Crippen LogP contribution in [0.1, 0.15) is 31.7 Å². The number of hydrazone groups is 1. The molecule has 0 spiro atoms. The van der Waals surface area contributed by atoms with Crippen molar-refractivity contribution in [3.8, 4) is 5.75 Å². The van der Waals surface area contributed by atoms with E-state index in [-0.39, 0.29) is 5.11 Å². The topological polar surface area (TPSA) is 61.2 Å². The third-order valence-corrected chi connectivity index (χ3v) is 2.43. The van der Waals surface area contributed by atoms with Crippen LogP contribution in [0.5, 0.6) is 5.75 Å². The standard InChI is InChI=1S/C13H19N3OS/c1-2-3-4-9-17-12-7-5-11(6-8-12)10-15-16-13(14)18/h5-8,10H,2-4,9H2,1H3,(H3,14,16,18)/p+1. The van der Waals surface area contributed by atoms with Gasteiger partial charge in [0.1, 0.15) is 5.75 Å². The summed E-state index contributed by atoms with van der Waals surface area (Å²) in [6.07, 6.45) is 5.29.